The monoisotopic (exact) mass is 401 g/mol. The van der Waals surface area contributed by atoms with Crippen LogP contribution in [0.1, 0.15) is 36.1 Å². The van der Waals surface area contributed by atoms with E-state index in [9.17, 15) is 0 Å². The van der Waals surface area contributed by atoms with E-state index in [0.29, 0.717) is 25.7 Å². The first kappa shape index (κ1) is 20.0. The molecule has 0 aromatic heterocycles. The average Bonchev–Trinajstić information content (AvgIpc) is 3.13. The summed E-state index contributed by atoms with van der Waals surface area (Å²) in [5.41, 5.74) is 3.91. The van der Waals surface area contributed by atoms with E-state index in [0.717, 1.165) is 33.8 Å². The lowest BCUT2D eigenvalue weighted by Gasteiger charge is -2.16. The minimum Gasteiger partial charge on any atom is -0.489 e. The molecule has 0 aliphatic carbocycles. The van der Waals surface area contributed by atoms with Gasteiger partial charge in [-0.05, 0) is 38.0 Å². The molecule has 0 saturated heterocycles. The number of nitrogens with zero attached hydrogens (tertiary/aromatic N) is 1. The summed E-state index contributed by atoms with van der Waals surface area (Å²) < 4.78 is 18.2. The molecule has 4 nitrogen and oxygen atoms in total. The molecule has 154 valence electrons. The predicted molar refractivity (Wildman–Crippen MR) is 119 cm³/mol. The van der Waals surface area contributed by atoms with Crippen molar-refractivity contribution in [1.82, 2.24) is 0 Å². The summed E-state index contributed by atoms with van der Waals surface area (Å²) in [6.07, 6.45) is 0. The highest BCUT2D eigenvalue weighted by Crippen LogP contribution is 2.32. The van der Waals surface area contributed by atoms with E-state index in [-0.39, 0.29) is 5.54 Å². The molecule has 0 bridgehead atoms. The number of hydrogen-bond acceptors (Lipinski definition) is 4. The summed E-state index contributed by atoms with van der Waals surface area (Å²) in [5.74, 6) is 2.15. The standard InChI is InChI=1S/C26H27NO3/c1-19-23(25-27-26(2,3)18-30-25)14-22(28-16-20-10-6-4-7-11-20)15-24(19)29-17-21-12-8-5-9-13-21/h4-15H,16-18H2,1-3H3. The molecule has 0 radical (unpaired) electrons. The molecular formula is C26H27NO3. The third kappa shape index (κ3) is 4.82. The van der Waals surface area contributed by atoms with Crippen LogP contribution in [0.2, 0.25) is 0 Å². The Morgan fingerprint density at radius 3 is 2.03 bits per heavy atom. The average molecular weight is 402 g/mol. The highest BCUT2D eigenvalue weighted by atomic mass is 16.5. The molecular weight excluding hydrogens is 374 g/mol. The summed E-state index contributed by atoms with van der Waals surface area (Å²) in [7, 11) is 0. The van der Waals surface area contributed by atoms with Crippen LogP contribution in [0, 0.1) is 6.92 Å². The van der Waals surface area contributed by atoms with Crippen molar-refractivity contribution in [3.05, 3.63) is 95.1 Å². The second kappa shape index (κ2) is 8.62. The van der Waals surface area contributed by atoms with Crippen LogP contribution in [0.25, 0.3) is 0 Å². The minimum atomic E-state index is -0.228. The quantitative estimate of drug-likeness (QED) is 0.509. The summed E-state index contributed by atoms with van der Waals surface area (Å²) in [4.78, 5) is 4.75. The molecule has 0 atom stereocenters. The molecule has 0 fully saturated rings. The molecule has 0 spiro atoms. The van der Waals surface area contributed by atoms with Crippen molar-refractivity contribution in [1.29, 1.82) is 0 Å². The fourth-order valence-electron chi connectivity index (χ4n) is 3.32. The number of aliphatic imine (C=N–C) groups is 1. The van der Waals surface area contributed by atoms with Crippen molar-refractivity contribution in [3.63, 3.8) is 0 Å². The molecule has 0 N–H and O–H groups in total. The molecule has 4 heteroatoms. The fourth-order valence-corrected chi connectivity index (χ4v) is 3.32. The first-order valence-corrected chi connectivity index (χ1v) is 10.2. The molecule has 0 unspecified atom stereocenters. The second-order valence-corrected chi connectivity index (χ2v) is 8.16. The Hall–Kier alpha value is -3.27. The van der Waals surface area contributed by atoms with Crippen molar-refractivity contribution >= 4 is 5.90 Å². The maximum absolute atomic E-state index is 6.18. The van der Waals surface area contributed by atoms with Gasteiger partial charge in [-0.2, -0.15) is 0 Å². The van der Waals surface area contributed by atoms with Gasteiger partial charge in [0.15, 0.2) is 0 Å². The van der Waals surface area contributed by atoms with Gasteiger partial charge in [-0.1, -0.05) is 60.7 Å². The van der Waals surface area contributed by atoms with Crippen LogP contribution >= 0.6 is 0 Å². The van der Waals surface area contributed by atoms with Crippen LogP contribution in [0.4, 0.5) is 0 Å². The van der Waals surface area contributed by atoms with Crippen molar-refractivity contribution < 1.29 is 14.2 Å². The Morgan fingerprint density at radius 1 is 0.867 bits per heavy atom. The maximum atomic E-state index is 6.18. The topological polar surface area (TPSA) is 40.0 Å². The largest absolute Gasteiger partial charge is 0.489 e. The van der Waals surface area contributed by atoms with Crippen molar-refractivity contribution in [3.8, 4) is 11.5 Å². The summed E-state index contributed by atoms with van der Waals surface area (Å²) >= 11 is 0. The molecule has 4 rings (SSSR count). The predicted octanol–water partition coefficient (Wildman–Crippen LogP) is 5.71. The van der Waals surface area contributed by atoms with Crippen molar-refractivity contribution in [2.45, 2.75) is 39.5 Å². The first-order valence-electron chi connectivity index (χ1n) is 10.2. The second-order valence-electron chi connectivity index (χ2n) is 8.16. The van der Waals surface area contributed by atoms with E-state index in [1.54, 1.807) is 0 Å². The first-order chi connectivity index (χ1) is 14.5. The summed E-state index contributed by atoms with van der Waals surface area (Å²) in [5, 5.41) is 0. The zero-order chi connectivity index (χ0) is 21.0. The van der Waals surface area contributed by atoms with E-state index < -0.39 is 0 Å². The molecule has 0 saturated carbocycles. The van der Waals surface area contributed by atoms with Crippen LogP contribution < -0.4 is 9.47 Å². The van der Waals surface area contributed by atoms with Gasteiger partial charge < -0.3 is 14.2 Å². The van der Waals surface area contributed by atoms with Gasteiger partial charge in [0.25, 0.3) is 0 Å². The summed E-state index contributed by atoms with van der Waals surface area (Å²) in [6, 6.07) is 24.2. The van der Waals surface area contributed by atoms with Gasteiger partial charge in [-0.15, -0.1) is 0 Å². The van der Waals surface area contributed by atoms with Crippen molar-refractivity contribution in [2.75, 3.05) is 6.61 Å². The van der Waals surface area contributed by atoms with Gasteiger partial charge in [0.1, 0.15) is 31.3 Å². The van der Waals surface area contributed by atoms with E-state index in [2.05, 4.69) is 38.1 Å². The van der Waals surface area contributed by atoms with Crippen LogP contribution in [0.5, 0.6) is 11.5 Å². The molecule has 3 aromatic rings. The van der Waals surface area contributed by atoms with E-state index >= 15 is 0 Å². The highest BCUT2D eigenvalue weighted by Gasteiger charge is 2.29. The molecule has 1 heterocycles. The van der Waals surface area contributed by atoms with Crippen LogP contribution in [-0.2, 0) is 18.0 Å². The van der Waals surface area contributed by atoms with E-state index in [1.807, 2.05) is 55.5 Å². The van der Waals surface area contributed by atoms with Gasteiger partial charge in [0.2, 0.25) is 5.90 Å². The highest BCUT2D eigenvalue weighted by molar-refractivity contribution is 5.98. The Kier molecular flexibility index (Phi) is 5.75. The van der Waals surface area contributed by atoms with Gasteiger partial charge in [0, 0.05) is 17.2 Å². The van der Waals surface area contributed by atoms with Gasteiger partial charge >= 0.3 is 0 Å². The lowest BCUT2D eigenvalue weighted by atomic mass is 10.1. The van der Waals surface area contributed by atoms with E-state index in [4.69, 9.17) is 19.2 Å². The molecule has 3 aromatic carbocycles. The number of rotatable bonds is 7. The smallest absolute Gasteiger partial charge is 0.217 e. The van der Waals surface area contributed by atoms with Gasteiger partial charge in [-0.25, -0.2) is 4.99 Å². The minimum absolute atomic E-state index is 0.228. The van der Waals surface area contributed by atoms with Crippen LogP contribution in [0.15, 0.2) is 77.8 Å². The number of hydrogen-bond donors (Lipinski definition) is 0. The van der Waals surface area contributed by atoms with E-state index in [1.165, 1.54) is 0 Å². The SMILES string of the molecule is Cc1c(OCc2ccccc2)cc(OCc2ccccc2)cc1C1=NC(C)(C)CO1. The fraction of sp³-hybridized carbons (Fsp3) is 0.269. The molecule has 30 heavy (non-hydrogen) atoms. The third-order valence-corrected chi connectivity index (χ3v) is 5.02. The van der Waals surface area contributed by atoms with Crippen LogP contribution in [0.3, 0.4) is 0 Å². The molecule has 1 aliphatic rings. The summed E-state index contributed by atoms with van der Waals surface area (Å²) in [6.45, 7) is 7.71. The Morgan fingerprint density at radius 2 is 1.47 bits per heavy atom. The Bertz CT molecular complexity index is 1030. The Labute approximate surface area is 178 Å². The van der Waals surface area contributed by atoms with Crippen molar-refractivity contribution in [2.24, 2.45) is 4.99 Å². The normalized spacial score (nSPS) is 14.7. The van der Waals surface area contributed by atoms with Crippen LogP contribution in [-0.4, -0.2) is 18.0 Å². The van der Waals surface area contributed by atoms with Gasteiger partial charge in [-0.3, -0.25) is 0 Å². The lowest BCUT2D eigenvalue weighted by Crippen LogP contribution is -2.17. The number of ether oxygens (including phenoxy) is 3. The molecule has 1 aliphatic heterocycles. The lowest BCUT2D eigenvalue weighted by molar-refractivity contribution is 0.277. The Balaban J connectivity index is 1.62. The maximum Gasteiger partial charge on any atom is 0.217 e. The molecule has 0 amide bonds. The number of benzene rings is 3. The third-order valence-electron chi connectivity index (χ3n) is 5.02. The van der Waals surface area contributed by atoms with Gasteiger partial charge in [0.05, 0.1) is 5.54 Å². The zero-order valence-corrected chi connectivity index (χ0v) is 17.7. The zero-order valence-electron chi connectivity index (χ0n) is 17.7.